The molecule has 2 heteroatoms. The Morgan fingerprint density at radius 2 is 2.00 bits per heavy atom. The highest BCUT2D eigenvalue weighted by Crippen LogP contribution is 2.37. The van der Waals surface area contributed by atoms with Crippen LogP contribution in [0.4, 0.5) is 0 Å². The third-order valence-corrected chi connectivity index (χ3v) is 5.21. The van der Waals surface area contributed by atoms with Crippen molar-refractivity contribution in [3.05, 3.63) is 0 Å². The maximum absolute atomic E-state index is 3.78. The monoisotopic (exact) mass is 213 g/mol. The highest BCUT2D eigenvalue weighted by Gasteiger charge is 2.29. The third-order valence-electron chi connectivity index (χ3n) is 3.67. The van der Waals surface area contributed by atoms with Gasteiger partial charge in [-0.3, -0.25) is 0 Å². The number of hydrogen-bond acceptors (Lipinski definition) is 2. The zero-order valence-corrected chi connectivity index (χ0v) is 10.2. The summed E-state index contributed by atoms with van der Waals surface area (Å²) >= 11 is 2.17. The summed E-state index contributed by atoms with van der Waals surface area (Å²) in [6, 6.07) is 0.835. The molecule has 0 aromatic heterocycles. The van der Waals surface area contributed by atoms with Crippen LogP contribution in [0.25, 0.3) is 0 Å². The minimum atomic E-state index is 0.553. The van der Waals surface area contributed by atoms with E-state index in [9.17, 15) is 0 Å². The molecule has 1 heterocycles. The van der Waals surface area contributed by atoms with Gasteiger partial charge in [0.1, 0.15) is 0 Å². The molecule has 1 aliphatic heterocycles. The molecule has 1 nitrogen and oxygen atoms in total. The lowest BCUT2D eigenvalue weighted by Gasteiger charge is -2.29. The fourth-order valence-corrected chi connectivity index (χ4v) is 3.90. The van der Waals surface area contributed by atoms with E-state index in [1.165, 1.54) is 57.2 Å². The normalized spacial score (nSPS) is 34.9. The predicted octanol–water partition coefficient (Wildman–Crippen LogP) is 3.19. The summed E-state index contributed by atoms with van der Waals surface area (Å²) in [7, 11) is 0. The van der Waals surface area contributed by atoms with Gasteiger partial charge >= 0.3 is 0 Å². The van der Waals surface area contributed by atoms with E-state index in [0.29, 0.717) is 4.75 Å². The second-order valence-electron chi connectivity index (χ2n) is 5.12. The SMILES string of the molecule is CC1(CNC2CCCCC2)CCCS1. The summed E-state index contributed by atoms with van der Waals surface area (Å²) in [5.41, 5.74) is 0. The fraction of sp³-hybridized carbons (Fsp3) is 1.00. The standard InChI is InChI=1S/C12H23NS/c1-12(8-5-9-14-12)10-13-11-6-3-2-4-7-11/h11,13H,2-10H2,1H3. The smallest absolute Gasteiger partial charge is 0.0256 e. The molecule has 0 amide bonds. The van der Waals surface area contributed by atoms with Crippen molar-refractivity contribution in [2.24, 2.45) is 0 Å². The molecule has 0 spiro atoms. The summed E-state index contributed by atoms with van der Waals surface area (Å²) < 4.78 is 0.553. The van der Waals surface area contributed by atoms with Crippen LogP contribution in [0, 0.1) is 0 Å². The molecule has 2 rings (SSSR count). The molecule has 1 saturated heterocycles. The van der Waals surface area contributed by atoms with Crippen LogP contribution in [0.5, 0.6) is 0 Å². The molecule has 1 aliphatic carbocycles. The molecule has 2 fully saturated rings. The lowest BCUT2D eigenvalue weighted by Crippen LogP contribution is -2.40. The Kier molecular flexibility index (Phi) is 3.78. The average molecular weight is 213 g/mol. The molecule has 0 aromatic carbocycles. The molecule has 1 N–H and O–H groups in total. The highest BCUT2D eigenvalue weighted by molar-refractivity contribution is 8.00. The maximum atomic E-state index is 3.78. The Morgan fingerprint density at radius 1 is 1.21 bits per heavy atom. The van der Waals surface area contributed by atoms with Crippen LogP contribution in [0.1, 0.15) is 51.9 Å². The van der Waals surface area contributed by atoms with Gasteiger partial charge in [0.2, 0.25) is 0 Å². The second kappa shape index (κ2) is 4.89. The van der Waals surface area contributed by atoms with Crippen molar-refractivity contribution in [3.63, 3.8) is 0 Å². The van der Waals surface area contributed by atoms with Crippen LogP contribution in [0.15, 0.2) is 0 Å². The van der Waals surface area contributed by atoms with Crippen molar-refractivity contribution in [3.8, 4) is 0 Å². The minimum absolute atomic E-state index is 0.553. The first-order valence-corrected chi connectivity index (χ1v) is 7.14. The Labute approximate surface area is 92.4 Å². The van der Waals surface area contributed by atoms with Crippen molar-refractivity contribution >= 4 is 11.8 Å². The van der Waals surface area contributed by atoms with E-state index in [0.717, 1.165) is 6.04 Å². The molecule has 82 valence electrons. The van der Waals surface area contributed by atoms with Gasteiger partial charge in [0.15, 0.2) is 0 Å². The number of nitrogens with one attached hydrogen (secondary N) is 1. The molecular weight excluding hydrogens is 190 g/mol. The van der Waals surface area contributed by atoms with Gasteiger partial charge in [-0.25, -0.2) is 0 Å². The number of hydrogen-bond donors (Lipinski definition) is 1. The first kappa shape index (κ1) is 10.8. The summed E-state index contributed by atoms with van der Waals surface area (Å²) in [6.45, 7) is 3.67. The van der Waals surface area contributed by atoms with Crippen molar-refractivity contribution in [1.82, 2.24) is 5.32 Å². The van der Waals surface area contributed by atoms with Gasteiger partial charge < -0.3 is 5.32 Å². The summed E-state index contributed by atoms with van der Waals surface area (Å²) in [6.07, 6.45) is 10.0. The van der Waals surface area contributed by atoms with Gasteiger partial charge in [-0.1, -0.05) is 19.3 Å². The van der Waals surface area contributed by atoms with Crippen molar-refractivity contribution in [1.29, 1.82) is 0 Å². The van der Waals surface area contributed by atoms with Crippen LogP contribution in [-0.2, 0) is 0 Å². The first-order chi connectivity index (χ1) is 6.79. The predicted molar refractivity (Wildman–Crippen MR) is 65.0 cm³/mol. The van der Waals surface area contributed by atoms with Crippen molar-refractivity contribution in [2.45, 2.75) is 62.7 Å². The quantitative estimate of drug-likeness (QED) is 0.772. The largest absolute Gasteiger partial charge is 0.313 e. The van der Waals surface area contributed by atoms with Gasteiger partial charge in [0.25, 0.3) is 0 Å². The van der Waals surface area contributed by atoms with Gasteiger partial charge in [-0.05, 0) is 38.4 Å². The van der Waals surface area contributed by atoms with Crippen molar-refractivity contribution in [2.75, 3.05) is 12.3 Å². The minimum Gasteiger partial charge on any atom is -0.313 e. The molecular formula is C12H23NS. The molecule has 14 heavy (non-hydrogen) atoms. The van der Waals surface area contributed by atoms with E-state index in [-0.39, 0.29) is 0 Å². The van der Waals surface area contributed by atoms with Crippen LogP contribution < -0.4 is 5.32 Å². The van der Waals surface area contributed by atoms with E-state index in [4.69, 9.17) is 0 Å². The van der Waals surface area contributed by atoms with E-state index in [1.807, 2.05) is 0 Å². The number of rotatable bonds is 3. The van der Waals surface area contributed by atoms with Crippen LogP contribution in [0.3, 0.4) is 0 Å². The molecule has 0 aromatic rings. The Bertz CT molecular complexity index is 169. The van der Waals surface area contributed by atoms with E-state index in [1.54, 1.807) is 0 Å². The lowest BCUT2D eigenvalue weighted by molar-refractivity contribution is 0.359. The van der Waals surface area contributed by atoms with E-state index in [2.05, 4.69) is 24.0 Å². The summed E-state index contributed by atoms with van der Waals surface area (Å²) in [4.78, 5) is 0. The van der Waals surface area contributed by atoms with Gasteiger partial charge in [-0.15, -0.1) is 0 Å². The molecule has 1 unspecified atom stereocenters. The van der Waals surface area contributed by atoms with E-state index >= 15 is 0 Å². The Hall–Kier alpha value is 0.310. The number of thioether (sulfide) groups is 1. The summed E-state index contributed by atoms with van der Waals surface area (Å²) in [5, 5.41) is 3.78. The van der Waals surface area contributed by atoms with Crippen molar-refractivity contribution < 1.29 is 0 Å². The Balaban J connectivity index is 1.70. The highest BCUT2D eigenvalue weighted by atomic mass is 32.2. The Morgan fingerprint density at radius 3 is 2.64 bits per heavy atom. The topological polar surface area (TPSA) is 12.0 Å². The van der Waals surface area contributed by atoms with Gasteiger partial charge in [0, 0.05) is 17.3 Å². The van der Waals surface area contributed by atoms with Gasteiger partial charge in [0.05, 0.1) is 0 Å². The molecule has 1 atom stereocenters. The molecule has 0 radical (unpaired) electrons. The van der Waals surface area contributed by atoms with Gasteiger partial charge in [-0.2, -0.15) is 11.8 Å². The zero-order chi connectivity index (χ0) is 9.86. The van der Waals surface area contributed by atoms with Crippen LogP contribution >= 0.6 is 11.8 Å². The van der Waals surface area contributed by atoms with E-state index < -0.39 is 0 Å². The molecule has 0 bridgehead atoms. The lowest BCUT2D eigenvalue weighted by atomic mass is 9.95. The second-order valence-corrected chi connectivity index (χ2v) is 6.80. The maximum Gasteiger partial charge on any atom is 0.0256 e. The molecule has 1 saturated carbocycles. The zero-order valence-electron chi connectivity index (χ0n) is 9.35. The molecule has 2 aliphatic rings. The third kappa shape index (κ3) is 2.90. The average Bonchev–Trinajstić information content (AvgIpc) is 2.65. The first-order valence-electron chi connectivity index (χ1n) is 6.16. The van der Waals surface area contributed by atoms with Crippen LogP contribution in [0.2, 0.25) is 0 Å². The summed E-state index contributed by atoms with van der Waals surface area (Å²) in [5.74, 6) is 1.38. The fourth-order valence-electron chi connectivity index (χ4n) is 2.64. The van der Waals surface area contributed by atoms with Crippen LogP contribution in [-0.4, -0.2) is 23.1 Å².